The van der Waals surface area contributed by atoms with Crippen LogP contribution < -0.4 is 11.1 Å². The minimum absolute atomic E-state index is 0.0415. The van der Waals surface area contributed by atoms with Crippen molar-refractivity contribution in [2.24, 2.45) is 5.73 Å². The second-order valence-corrected chi connectivity index (χ2v) is 4.68. The summed E-state index contributed by atoms with van der Waals surface area (Å²) in [6, 6.07) is 0. The zero-order valence-electron chi connectivity index (χ0n) is 9.13. The van der Waals surface area contributed by atoms with Gasteiger partial charge in [-0.25, -0.2) is 0 Å². The maximum absolute atomic E-state index is 11.9. The smallest absolute Gasteiger partial charge is 0.249 e. The van der Waals surface area contributed by atoms with E-state index in [2.05, 4.69) is 5.32 Å². The Bertz CT molecular complexity index is 231. The first-order valence-electron chi connectivity index (χ1n) is 5.89. The third-order valence-electron chi connectivity index (χ3n) is 3.56. The highest BCUT2D eigenvalue weighted by Gasteiger charge is 2.36. The minimum atomic E-state index is -0.228. The molecule has 1 saturated carbocycles. The van der Waals surface area contributed by atoms with Gasteiger partial charge in [0.15, 0.2) is 0 Å². The number of nitrogens with two attached hydrogens (primary N) is 1. The second kappa shape index (κ2) is 4.49. The molecular weight excluding hydrogens is 192 g/mol. The lowest BCUT2D eigenvalue weighted by molar-refractivity contribution is -0.132. The fourth-order valence-electron chi connectivity index (χ4n) is 2.56. The number of amides is 1. The van der Waals surface area contributed by atoms with Crippen molar-refractivity contribution in [1.82, 2.24) is 5.32 Å². The van der Waals surface area contributed by atoms with Crippen molar-refractivity contribution in [3.05, 3.63) is 0 Å². The van der Waals surface area contributed by atoms with E-state index in [4.69, 9.17) is 10.5 Å². The van der Waals surface area contributed by atoms with Crippen molar-refractivity contribution in [2.75, 3.05) is 13.2 Å². The predicted octanol–water partition coefficient (Wildman–Crippen LogP) is 0.553. The van der Waals surface area contributed by atoms with Crippen LogP contribution in [0.1, 0.15) is 38.5 Å². The Morgan fingerprint density at radius 3 is 2.67 bits per heavy atom. The Balaban J connectivity index is 1.91. The van der Waals surface area contributed by atoms with Crippen LogP contribution in [0.3, 0.4) is 0 Å². The second-order valence-electron chi connectivity index (χ2n) is 4.68. The largest absolute Gasteiger partial charge is 0.368 e. The van der Waals surface area contributed by atoms with Crippen molar-refractivity contribution in [3.8, 4) is 0 Å². The summed E-state index contributed by atoms with van der Waals surface area (Å²) in [5, 5.41) is 3.10. The zero-order chi connectivity index (χ0) is 10.7. The summed E-state index contributed by atoms with van der Waals surface area (Å²) in [5.74, 6) is 0.0415. The normalized spacial score (nSPS) is 29.3. The summed E-state index contributed by atoms with van der Waals surface area (Å²) in [7, 11) is 0. The molecule has 0 spiro atoms. The summed E-state index contributed by atoms with van der Waals surface area (Å²) in [6.45, 7) is 1.26. The van der Waals surface area contributed by atoms with Gasteiger partial charge in [-0.05, 0) is 25.7 Å². The van der Waals surface area contributed by atoms with Gasteiger partial charge >= 0.3 is 0 Å². The van der Waals surface area contributed by atoms with Crippen molar-refractivity contribution < 1.29 is 9.53 Å². The van der Waals surface area contributed by atoms with Crippen LogP contribution in [0, 0.1) is 0 Å². The van der Waals surface area contributed by atoms with Crippen LogP contribution in [0.2, 0.25) is 0 Å². The lowest BCUT2D eigenvalue weighted by atomic mass is 9.97. The zero-order valence-corrected chi connectivity index (χ0v) is 9.13. The van der Waals surface area contributed by atoms with Gasteiger partial charge in [-0.1, -0.05) is 12.8 Å². The van der Waals surface area contributed by atoms with Gasteiger partial charge in [-0.15, -0.1) is 0 Å². The molecule has 1 atom stereocenters. The highest BCUT2D eigenvalue weighted by Crippen LogP contribution is 2.29. The summed E-state index contributed by atoms with van der Waals surface area (Å²) in [4.78, 5) is 11.9. The van der Waals surface area contributed by atoms with Crippen molar-refractivity contribution >= 4 is 5.91 Å². The van der Waals surface area contributed by atoms with Gasteiger partial charge in [0.2, 0.25) is 5.91 Å². The molecule has 2 rings (SSSR count). The molecule has 86 valence electrons. The highest BCUT2D eigenvalue weighted by atomic mass is 16.5. The van der Waals surface area contributed by atoms with Gasteiger partial charge in [0, 0.05) is 13.2 Å². The van der Waals surface area contributed by atoms with Crippen LogP contribution in [0.4, 0.5) is 0 Å². The van der Waals surface area contributed by atoms with E-state index in [0.29, 0.717) is 13.2 Å². The molecule has 4 nitrogen and oxygen atoms in total. The fraction of sp³-hybridized carbons (Fsp3) is 0.909. The molecule has 0 aromatic rings. The first-order valence-corrected chi connectivity index (χ1v) is 5.89. The van der Waals surface area contributed by atoms with E-state index < -0.39 is 0 Å². The number of hydrogen-bond acceptors (Lipinski definition) is 3. The molecule has 1 amide bonds. The third kappa shape index (κ3) is 2.32. The van der Waals surface area contributed by atoms with E-state index in [1.807, 2.05) is 0 Å². The van der Waals surface area contributed by atoms with Gasteiger partial charge < -0.3 is 15.8 Å². The lowest BCUT2D eigenvalue weighted by Gasteiger charge is -2.29. The van der Waals surface area contributed by atoms with E-state index in [0.717, 1.165) is 25.7 Å². The molecule has 1 saturated heterocycles. The summed E-state index contributed by atoms with van der Waals surface area (Å²) in [5.41, 5.74) is 5.62. The maximum Gasteiger partial charge on any atom is 0.249 e. The number of ether oxygens (including phenoxy) is 1. The van der Waals surface area contributed by atoms with Crippen LogP contribution in [-0.4, -0.2) is 30.7 Å². The topological polar surface area (TPSA) is 64.3 Å². The first-order chi connectivity index (χ1) is 7.26. The molecule has 1 unspecified atom stereocenters. The van der Waals surface area contributed by atoms with E-state index in [9.17, 15) is 4.79 Å². The lowest BCUT2D eigenvalue weighted by Crippen LogP contribution is -2.54. The predicted molar refractivity (Wildman–Crippen MR) is 57.4 cm³/mol. The molecule has 0 bridgehead atoms. The average Bonchev–Trinajstić information content (AvgIpc) is 2.88. The standard InChI is InChI=1S/C11H20N2O2/c12-8-11(5-1-2-6-11)13-10(14)9-4-3-7-15-9/h9H,1-8,12H2,(H,13,14). The molecule has 3 N–H and O–H groups in total. The molecular formula is C11H20N2O2. The van der Waals surface area contributed by atoms with E-state index in [-0.39, 0.29) is 17.6 Å². The van der Waals surface area contributed by atoms with Crippen LogP contribution in [0.15, 0.2) is 0 Å². The number of carbonyl (C=O) groups excluding carboxylic acids is 1. The van der Waals surface area contributed by atoms with Gasteiger partial charge in [0.1, 0.15) is 6.10 Å². The van der Waals surface area contributed by atoms with Crippen molar-refractivity contribution in [3.63, 3.8) is 0 Å². The Hall–Kier alpha value is -0.610. The Kier molecular flexibility index (Phi) is 3.26. The van der Waals surface area contributed by atoms with Crippen LogP contribution in [0.5, 0.6) is 0 Å². The summed E-state index contributed by atoms with van der Waals surface area (Å²) < 4.78 is 5.36. The van der Waals surface area contributed by atoms with Gasteiger partial charge in [-0.3, -0.25) is 4.79 Å². The molecule has 2 aliphatic rings. The van der Waals surface area contributed by atoms with Crippen molar-refractivity contribution in [2.45, 2.75) is 50.2 Å². The number of rotatable bonds is 3. The molecule has 2 fully saturated rings. The molecule has 0 aromatic carbocycles. The number of hydrogen-bond donors (Lipinski definition) is 2. The summed E-state index contributed by atoms with van der Waals surface area (Å²) >= 11 is 0. The van der Waals surface area contributed by atoms with Crippen LogP contribution in [-0.2, 0) is 9.53 Å². The Labute approximate surface area is 90.5 Å². The minimum Gasteiger partial charge on any atom is -0.368 e. The SMILES string of the molecule is NCC1(NC(=O)C2CCCO2)CCCC1. The number of carbonyl (C=O) groups is 1. The fourth-order valence-corrected chi connectivity index (χ4v) is 2.56. The van der Waals surface area contributed by atoms with Gasteiger partial charge in [0.25, 0.3) is 0 Å². The molecule has 0 radical (unpaired) electrons. The quantitative estimate of drug-likeness (QED) is 0.718. The van der Waals surface area contributed by atoms with E-state index in [1.54, 1.807) is 0 Å². The number of nitrogens with one attached hydrogen (secondary N) is 1. The first kappa shape index (κ1) is 10.9. The molecule has 15 heavy (non-hydrogen) atoms. The van der Waals surface area contributed by atoms with Gasteiger partial charge in [0.05, 0.1) is 5.54 Å². The monoisotopic (exact) mass is 212 g/mol. The molecule has 4 heteroatoms. The van der Waals surface area contributed by atoms with E-state index in [1.165, 1.54) is 12.8 Å². The van der Waals surface area contributed by atoms with Crippen LogP contribution >= 0.6 is 0 Å². The van der Waals surface area contributed by atoms with Gasteiger partial charge in [-0.2, -0.15) is 0 Å². The summed E-state index contributed by atoms with van der Waals surface area (Å²) in [6.07, 6.45) is 5.99. The Morgan fingerprint density at radius 1 is 1.40 bits per heavy atom. The highest BCUT2D eigenvalue weighted by molar-refractivity contribution is 5.81. The van der Waals surface area contributed by atoms with E-state index >= 15 is 0 Å². The molecule has 1 heterocycles. The van der Waals surface area contributed by atoms with Crippen molar-refractivity contribution in [1.29, 1.82) is 0 Å². The molecule has 0 aromatic heterocycles. The third-order valence-corrected chi connectivity index (χ3v) is 3.56. The van der Waals surface area contributed by atoms with Crippen LogP contribution in [0.25, 0.3) is 0 Å². The molecule has 1 aliphatic heterocycles. The Morgan fingerprint density at radius 2 is 2.13 bits per heavy atom. The average molecular weight is 212 g/mol. The maximum atomic E-state index is 11.9. The molecule has 1 aliphatic carbocycles.